The van der Waals surface area contributed by atoms with Crippen LogP contribution < -0.4 is 0 Å². The highest BCUT2D eigenvalue weighted by atomic mass is 79.9. The maximum atomic E-state index is 11.4. The van der Waals surface area contributed by atoms with Gasteiger partial charge in [0.25, 0.3) is 0 Å². The van der Waals surface area contributed by atoms with E-state index in [1.807, 2.05) is 22.8 Å². The summed E-state index contributed by atoms with van der Waals surface area (Å²) in [6, 6.07) is 5.80. The Morgan fingerprint density at radius 2 is 2.18 bits per heavy atom. The number of nitrogens with zero attached hydrogens (tertiary/aromatic N) is 4. The standard InChI is InChI=1S/C15H9BrN4O2/c16-9-1-2-11-10(4-9)13-8(5-17-6-18-13)3-12-14(15(21)22)19-7-20(11)12/h1-2,4-7H,3H2,(H,21,22). The highest BCUT2D eigenvalue weighted by molar-refractivity contribution is 9.10. The third kappa shape index (κ3) is 1.86. The van der Waals surface area contributed by atoms with Crippen LogP contribution in [0.5, 0.6) is 0 Å². The lowest BCUT2D eigenvalue weighted by Crippen LogP contribution is -2.06. The molecule has 1 aromatic carbocycles. The molecular formula is C15H9BrN4O2. The number of hydrogen-bond acceptors (Lipinski definition) is 4. The number of carbonyl (C=O) groups is 1. The van der Waals surface area contributed by atoms with Crippen molar-refractivity contribution in [2.45, 2.75) is 6.42 Å². The van der Waals surface area contributed by atoms with Crippen molar-refractivity contribution in [3.05, 3.63) is 58.5 Å². The van der Waals surface area contributed by atoms with Gasteiger partial charge in [-0.1, -0.05) is 15.9 Å². The highest BCUT2D eigenvalue weighted by Crippen LogP contribution is 2.35. The van der Waals surface area contributed by atoms with E-state index in [0.717, 1.165) is 27.0 Å². The van der Waals surface area contributed by atoms with E-state index in [2.05, 4.69) is 30.9 Å². The first kappa shape index (κ1) is 13.1. The predicted molar refractivity (Wildman–Crippen MR) is 82.1 cm³/mol. The summed E-state index contributed by atoms with van der Waals surface area (Å²) in [5.41, 5.74) is 4.15. The third-order valence-electron chi connectivity index (χ3n) is 3.69. The van der Waals surface area contributed by atoms with Gasteiger partial charge in [-0.3, -0.25) is 0 Å². The molecule has 4 rings (SSSR count). The summed E-state index contributed by atoms with van der Waals surface area (Å²) in [4.78, 5) is 23.9. The molecule has 0 aliphatic carbocycles. The Labute approximate surface area is 133 Å². The van der Waals surface area contributed by atoms with E-state index in [4.69, 9.17) is 0 Å². The summed E-state index contributed by atoms with van der Waals surface area (Å²) in [6.45, 7) is 0. The zero-order chi connectivity index (χ0) is 15.3. The van der Waals surface area contributed by atoms with E-state index in [1.165, 1.54) is 6.33 Å². The average Bonchev–Trinajstić information content (AvgIpc) is 2.86. The number of benzene rings is 1. The molecular weight excluding hydrogens is 348 g/mol. The fraction of sp³-hybridized carbons (Fsp3) is 0.0667. The van der Waals surface area contributed by atoms with Gasteiger partial charge in [-0.2, -0.15) is 0 Å². The smallest absolute Gasteiger partial charge is 0.356 e. The van der Waals surface area contributed by atoms with E-state index in [1.54, 1.807) is 12.5 Å². The van der Waals surface area contributed by atoms with Crippen molar-refractivity contribution in [3.8, 4) is 16.9 Å². The van der Waals surface area contributed by atoms with E-state index in [0.29, 0.717) is 12.1 Å². The van der Waals surface area contributed by atoms with Crippen molar-refractivity contribution in [1.82, 2.24) is 19.5 Å². The first-order valence-corrected chi connectivity index (χ1v) is 7.33. The minimum atomic E-state index is -1.03. The first-order valence-electron chi connectivity index (χ1n) is 6.54. The van der Waals surface area contributed by atoms with Crippen LogP contribution in [-0.4, -0.2) is 30.6 Å². The second-order valence-corrected chi connectivity index (χ2v) is 5.87. The topological polar surface area (TPSA) is 80.9 Å². The van der Waals surface area contributed by atoms with Crippen molar-refractivity contribution >= 4 is 21.9 Å². The number of imidazole rings is 1. The Morgan fingerprint density at radius 3 is 3.00 bits per heavy atom. The third-order valence-corrected chi connectivity index (χ3v) is 4.18. The van der Waals surface area contributed by atoms with Crippen molar-refractivity contribution in [3.63, 3.8) is 0 Å². The minimum Gasteiger partial charge on any atom is -0.476 e. The summed E-state index contributed by atoms with van der Waals surface area (Å²) < 4.78 is 2.74. The molecule has 0 saturated carbocycles. The lowest BCUT2D eigenvalue weighted by molar-refractivity contribution is 0.0690. The summed E-state index contributed by atoms with van der Waals surface area (Å²) in [5, 5.41) is 9.35. The van der Waals surface area contributed by atoms with E-state index in [9.17, 15) is 9.90 Å². The van der Waals surface area contributed by atoms with E-state index >= 15 is 0 Å². The summed E-state index contributed by atoms with van der Waals surface area (Å²) in [6.07, 6.45) is 5.19. The summed E-state index contributed by atoms with van der Waals surface area (Å²) >= 11 is 3.47. The molecule has 108 valence electrons. The van der Waals surface area contributed by atoms with Crippen molar-refractivity contribution in [1.29, 1.82) is 0 Å². The number of aromatic carboxylic acids is 1. The van der Waals surface area contributed by atoms with E-state index < -0.39 is 5.97 Å². The average molecular weight is 357 g/mol. The van der Waals surface area contributed by atoms with Gasteiger partial charge in [0.05, 0.1) is 17.1 Å². The van der Waals surface area contributed by atoms with Crippen LogP contribution in [-0.2, 0) is 6.42 Å². The van der Waals surface area contributed by atoms with Gasteiger partial charge in [-0.25, -0.2) is 19.7 Å². The minimum absolute atomic E-state index is 0.0607. The fourth-order valence-electron chi connectivity index (χ4n) is 2.75. The van der Waals surface area contributed by atoms with Gasteiger partial charge in [-0.15, -0.1) is 0 Å². The van der Waals surface area contributed by atoms with Crippen LogP contribution in [0.2, 0.25) is 0 Å². The van der Waals surface area contributed by atoms with Gasteiger partial charge in [0.15, 0.2) is 5.69 Å². The van der Waals surface area contributed by atoms with Crippen molar-refractivity contribution < 1.29 is 9.90 Å². The number of aromatic nitrogens is 4. The largest absolute Gasteiger partial charge is 0.476 e. The normalized spacial score (nSPS) is 12.0. The summed E-state index contributed by atoms with van der Waals surface area (Å²) in [5.74, 6) is -1.03. The van der Waals surface area contributed by atoms with Crippen molar-refractivity contribution in [2.24, 2.45) is 0 Å². The number of carboxylic acid groups (broad SMARTS) is 1. The van der Waals surface area contributed by atoms with Gasteiger partial charge in [0, 0.05) is 28.2 Å². The van der Waals surface area contributed by atoms with Crippen molar-refractivity contribution in [2.75, 3.05) is 0 Å². The quantitative estimate of drug-likeness (QED) is 0.567. The molecule has 1 aliphatic rings. The fourth-order valence-corrected chi connectivity index (χ4v) is 3.11. The lowest BCUT2D eigenvalue weighted by atomic mass is 10.0. The Kier molecular flexibility index (Phi) is 2.83. The molecule has 0 saturated heterocycles. The SMILES string of the molecule is O=C(O)c1ncn2c1Cc1cncnc1-c1cc(Br)ccc1-2. The zero-order valence-electron chi connectivity index (χ0n) is 11.2. The molecule has 1 N–H and O–H groups in total. The molecule has 7 heteroatoms. The number of fused-ring (bicyclic) bond motifs is 5. The van der Waals surface area contributed by atoms with Crippen LogP contribution in [0.3, 0.4) is 0 Å². The number of halogens is 1. The number of rotatable bonds is 1. The Bertz CT molecular complexity index is 920. The maximum Gasteiger partial charge on any atom is 0.356 e. The van der Waals surface area contributed by atoms with Crippen LogP contribution in [0.4, 0.5) is 0 Å². The molecule has 22 heavy (non-hydrogen) atoms. The molecule has 0 radical (unpaired) electrons. The number of hydrogen-bond donors (Lipinski definition) is 1. The first-order chi connectivity index (χ1) is 10.6. The van der Waals surface area contributed by atoms with Gasteiger partial charge in [0.1, 0.15) is 12.7 Å². The molecule has 0 spiro atoms. The molecule has 2 aromatic heterocycles. The van der Waals surface area contributed by atoms with Crippen LogP contribution in [0.15, 0.2) is 41.5 Å². The second kappa shape index (κ2) is 4.74. The van der Waals surface area contributed by atoms with Crippen LogP contribution in [0, 0.1) is 0 Å². The molecule has 0 fully saturated rings. The van der Waals surface area contributed by atoms with Gasteiger partial charge in [0.2, 0.25) is 0 Å². The molecule has 0 bridgehead atoms. The number of carboxylic acids is 1. The zero-order valence-corrected chi connectivity index (χ0v) is 12.8. The van der Waals surface area contributed by atoms with Gasteiger partial charge >= 0.3 is 5.97 Å². The lowest BCUT2D eigenvalue weighted by Gasteiger charge is -2.10. The molecule has 3 heterocycles. The van der Waals surface area contributed by atoms with E-state index in [-0.39, 0.29) is 5.69 Å². The maximum absolute atomic E-state index is 11.4. The Balaban J connectivity index is 2.10. The highest BCUT2D eigenvalue weighted by Gasteiger charge is 2.25. The molecule has 0 amide bonds. The van der Waals surface area contributed by atoms with Crippen LogP contribution in [0.1, 0.15) is 21.7 Å². The molecule has 0 atom stereocenters. The Hall–Kier alpha value is -2.54. The monoisotopic (exact) mass is 356 g/mol. The molecule has 6 nitrogen and oxygen atoms in total. The van der Waals surface area contributed by atoms with Crippen LogP contribution in [0.25, 0.3) is 16.9 Å². The Morgan fingerprint density at radius 1 is 1.32 bits per heavy atom. The summed E-state index contributed by atoms with van der Waals surface area (Å²) in [7, 11) is 0. The molecule has 1 aliphatic heterocycles. The molecule has 3 aromatic rings. The second-order valence-electron chi connectivity index (χ2n) is 4.95. The van der Waals surface area contributed by atoms with Crippen LogP contribution >= 0.6 is 15.9 Å². The predicted octanol–water partition coefficient (Wildman–Crippen LogP) is 2.69. The van der Waals surface area contributed by atoms with Gasteiger partial charge in [-0.05, 0) is 18.2 Å². The molecule has 0 unspecified atom stereocenters. The van der Waals surface area contributed by atoms with Gasteiger partial charge < -0.3 is 9.67 Å².